The maximum Gasteiger partial charge on any atom is 0.0541 e. The van der Waals surface area contributed by atoms with Crippen molar-refractivity contribution in [1.29, 1.82) is 0 Å². The molecule has 272 valence electrons. The highest BCUT2D eigenvalue weighted by Gasteiger charge is 2.24. The number of benzene rings is 9. The quantitative estimate of drug-likeness (QED) is 0.161. The number of aromatic nitrogens is 1. The summed E-state index contributed by atoms with van der Waals surface area (Å²) in [6.45, 7) is 13.8. The number of nitrogens with zero attached hydrogens (tertiary/aromatic N) is 2. The van der Waals surface area contributed by atoms with Gasteiger partial charge in [-0.25, -0.2) is 0 Å². The molecule has 56 heavy (non-hydrogen) atoms. The van der Waals surface area contributed by atoms with E-state index in [0.717, 1.165) is 17.1 Å². The van der Waals surface area contributed by atoms with Crippen LogP contribution >= 0.6 is 0 Å². The van der Waals surface area contributed by atoms with Crippen molar-refractivity contribution in [3.05, 3.63) is 181 Å². The van der Waals surface area contributed by atoms with E-state index in [1.165, 1.54) is 82.1 Å². The second-order valence-corrected chi connectivity index (χ2v) is 17.4. The van der Waals surface area contributed by atoms with Crippen LogP contribution in [0.3, 0.4) is 0 Å². The van der Waals surface area contributed by atoms with Crippen LogP contribution in [-0.4, -0.2) is 4.57 Å². The lowest BCUT2D eigenvalue weighted by Crippen LogP contribution is -2.11. The normalized spacial score (nSPS) is 12.5. The van der Waals surface area contributed by atoms with E-state index in [0.29, 0.717) is 0 Å². The van der Waals surface area contributed by atoms with Gasteiger partial charge < -0.3 is 9.47 Å². The maximum absolute atomic E-state index is 2.52. The molecule has 0 radical (unpaired) electrons. The molecule has 0 aliphatic rings. The van der Waals surface area contributed by atoms with Crippen LogP contribution in [-0.2, 0) is 10.8 Å². The molecule has 10 aromatic rings. The lowest BCUT2D eigenvalue weighted by atomic mass is 9.85. The van der Waals surface area contributed by atoms with Crippen LogP contribution in [0.15, 0.2) is 170 Å². The Balaban J connectivity index is 1.26. The molecule has 0 fully saturated rings. The van der Waals surface area contributed by atoms with Crippen molar-refractivity contribution in [3.63, 3.8) is 0 Å². The van der Waals surface area contributed by atoms with Crippen molar-refractivity contribution >= 4 is 71.2 Å². The Morgan fingerprint density at radius 2 is 0.929 bits per heavy atom. The molecule has 0 N–H and O–H groups in total. The summed E-state index contributed by atoms with van der Waals surface area (Å²) in [5.74, 6) is 0. The van der Waals surface area contributed by atoms with Crippen LogP contribution in [0.25, 0.3) is 70.9 Å². The monoisotopic (exact) mass is 722 g/mol. The predicted octanol–water partition coefficient (Wildman–Crippen LogP) is 15.4. The van der Waals surface area contributed by atoms with Gasteiger partial charge in [0.1, 0.15) is 0 Å². The zero-order chi connectivity index (χ0) is 38.3. The molecular formula is C54H46N2. The molecular weight excluding hydrogens is 677 g/mol. The van der Waals surface area contributed by atoms with Gasteiger partial charge in [-0.05, 0) is 104 Å². The molecule has 9 aromatic carbocycles. The zero-order valence-corrected chi connectivity index (χ0v) is 33.1. The summed E-state index contributed by atoms with van der Waals surface area (Å²) in [5.41, 5.74) is 12.3. The van der Waals surface area contributed by atoms with E-state index in [9.17, 15) is 0 Å². The average Bonchev–Trinajstić information content (AvgIpc) is 3.53. The SMILES string of the molecule is CC(C)(C)c1ccc2c(c1)c1cc(C(C)(C)C)ccc1n2-c1ccc2ccc3c(N(c4ccccc4)c4ccccc4-c4ccccc4)ccc4ccc1c2c43. The number of para-hydroxylation sites is 2. The van der Waals surface area contributed by atoms with Crippen molar-refractivity contribution in [2.45, 2.75) is 52.4 Å². The fraction of sp³-hybridized carbons (Fsp3) is 0.148. The van der Waals surface area contributed by atoms with E-state index in [1.54, 1.807) is 0 Å². The van der Waals surface area contributed by atoms with E-state index in [2.05, 4.69) is 221 Å². The third-order valence-electron chi connectivity index (χ3n) is 11.8. The molecule has 2 nitrogen and oxygen atoms in total. The third-order valence-corrected chi connectivity index (χ3v) is 11.8. The number of fused-ring (bicyclic) bond motifs is 3. The largest absolute Gasteiger partial charge is 0.309 e. The smallest absolute Gasteiger partial charge is 0.0541 e. The summed E-state index contributed by atoms with van der Waals surface area (Å²) in [4.78, 5) is 2.45. The summed E-state index contributed by atoms with van der Waals surface area (Å²) in [5, 5.41) is 10.2. The molecule has 0 spiro atoms. The van der Waals surface area contributed by atoms with Crippen LogP contribution in [0, 0.1) is 0 Å². The van der Waals surface area contributed by atoms with Crippen LogP contribution in [0.5, 0.6) is 0 Å². The van der Waals surface area contributed by atoms with Crippen molar-refractivity contribution < 1.29 is 0 Å². The van der Waals surface area contributed by atoms with E-state index in [4.69, 9.17) is 0 Å². The minimum Gasteiger partial charge on any atom is -0.309 e. The van der Waals surface area contributed by atoms with Crippen LogP contribution in [0.1, 0.15) is 52.7 Å². The Kier molecular flexibility index (Phi) is 7.67. The first-order chi connectivity index (χ1) is 27.1. The van der Waals surface area contributed by atoms with Crippen LogP contribution in [0.2, 0.25) is 0 Å². The maximum atomic E-state index is 2.52. The van der Waals surface area contributed by atoms with Gasteiger partial charge in [0.25, 0.3) is 0 Å². The van der Waals surface area contributed by atoms with Gasteiger partial charge in [0.2, 0.25) is 0 Å². The van der Waals surface area contributed by atoms with Crippen molar-refractivity contribution in [2.24, 2.45) is 0 Å². The molecule has 0 saturated heterocycles. The molecule has 1 heterocycles. The topological polar surface area (TPSA) is 8.17 Å². The van der Waals surface area contributed by atoms with Gasteiger partial charge in [0.15, 0.2) is 0 Å². The summed E-state index contributed by atoms with van der Waals surface area (Å²) < 4.78 is 2.52. The fourth-order valence-electron chi connectivity index (χ4n) is 8.89. The summed E-state index contributed by atoms with van der Waals surface area (Å²) in [7, 11) is 0. The zero-order valence-electron chi connectivity index (χ0n) is 33.1. The number of anilines is 3. The number of hydrogen-bond acceptors (Lipinski definition) is 1. The van der Waals surface area contributed by atoms with Crippen molar-refractivity contribution in [3.8, 4) is 16.8 Å². The van der Waals surface area contributed by atoms with Gasteiger partial charge in [-0.2, -0.15) is 0 Å². The van der Waals surface area contributed by atoms with Gasteiger partial charge in [0, 0.05) is 32.8 Å². The van der Waals surface area contributed by atoms with E-state index in [-0.39, 0.29) is 10.8 Å². The molecule has 0 aliphatic carbocycles. The minimum atomic E-state index is 0.0458. The highest BCUT2D eigenvalue weighted by molar-refractivity contribution is 6.27. The molecule has 0 saturated carbocycles. The Morgan fingerprint density at radius 3 is 1.55 bits per heavy atom. The standard InChI is InChI=1S/C54H46N2/c1-53(2,3)38-25-31-49-44(33-38)45-34-39(54(4,5)6)26-32-50(45)56(49)48-30-24-37-21-27-42-47(29-23-36-22-28-43(48)52(37)51(36)42)55(40-17-11-8-12-18-40)46-20-14-13-19-41(46)35-15-9-7-10-16-35/h7-34H,1-6H3. The molecule has 0 amide bonds. The Morgan fingerprint density at radius 1 is 0.411 bits per heavy atom. The Labute approximate surface area is 329 Å². The second kappa shape index (κ2) is 12.6. The summed E-state index contributed by atoms with van der Waals surface area (Å²) in [6.07, 6.45) is 0. The first-order valence-corrected chi connectivity index (χ1v) is 19.9. The molecule has 0 atom stereocenters. The van der Waals surface area contributed by atoms with Crippen LogP contribution in [0.4, 0.5) is 17.1 Å². The Hall–Kier alpha value is -6.38. The molecule has 2 heteroatoms. The fourth-order valence-corrected chi connectivity index (χ4v) is 8.89. The lowest BCUT2D eigenvalue weighted by molar-refractivity contribution is 0.590. The lowest BCUT2D eigenvalue weighted by Gasteiger charge is -2.29. The van der Waals surface area contributed by atoms with E-state index < -0.39 is 0 Å². The van der Waals surface area contributed by atoms with E-state index in [1.807, 2.05) is 0 Å². The summed E-state index contributed by atoms with van der Waals surface area (Å²) in [6, 6.07) is 63.2. The molecule has 1 aromatic heterocycles. The van der Waals surface area contributed by atoms with Crippen LogP contribution < -0.4 is 4.90 Å². The minimum absolute atomic E-state index is 0.0458. The van der Waals surface area contributed by atoms with Gasteiger partial charge >= 0.3 is 0 Å². The second-order valence-electron chi connectivity index (χ2n) is 17.4. The predicted molar refractivity (Wildman–Crippen MR) is 242 cm³/mol. The molecule has 0 bridgehead atoms. The summed E-state index contributed by atoms with van der Waals surface area (Å²) >= 11 is 0. The first kappa shape index (κ1) is 34.1. The highest BCUT2D eigenvalue weighted by Crippen LogP contribution is 2.48. The molecule has 10 rings (SSSR count). The Bertz CT molecular complexity index is 3010. The molecule has 0 aliphatic heterocycles. The van der Waals surface area contributed by atoms with Gasteiger partial charge in [-0.1, -0.05) is 157 Å². The first-order valence-electron chi connectivity index (χ1n) is 19.9. The van der Waals surface area contributed by atoms with Gasteiger partial charge in [-0.15, -0.1) is 0 Å². The average molecular weight is 723 g/mol. The van der Waals surface area contributed by atoms with E-state index >= 15 is 0 Å². The highest BCUT2D eigenvalue weighted by atomic mass is 15.1. The van der Waals surface area contributed by atoms with Crippen molar-refractivity contribution in [2.75, 3.05) is 4.90 Å². The van der Waals surface area contributed by atoms with Gasteiger partial charge in [-0.3, -0.25) is 0 Å². The third kappa shape index (κ3) is 5.39. The number of rotatable bonds is 5. The van der Waals surface area contributed by atoms with Crippen molar-refractivity contribution in [1.82, 2.24) is 4.57 Å². The number of hydrogen-bond donors (Lipinski definition) is 0. The molecule has 0 unspecified atom stereocenters. The van der Waals surface area contributed by atoms with Gasteiger partial charge in [0.05, 0.1) is 28.1 Å².